The number of thioether (sulfide) groups is 1. The quantitative estimate of drug-likeness (QED) is 0.119. The number of aliphatic hydroxyl groups excluding tert-OH is 1. The zero-order chi connectivity index (χ0) is 33.0. The average Bonchev–Trinajstić information content (AvgIpc) is 3.52. The third kappa shape index (κ3) is 10.2. The maximum absolute atomic E-state index is 12.4. The molecular weight excluding hydrogens is 616 g/mol. The van der Waals surface area contributed by atoms with E-state index in [0.29, 0.717) is 31.7 Å². The first-order chi connectivity index (χ1) is 22.9. The van der Waals surface area contributed by atoms with E-state index < -0.39 is 6.29 Å². The molecule has 0 bridgehead atoms. The first-order valence-corrected chi connectivity index (χ1v) is 16.9. The van der Waals surface area contributed by atoms with Crippen LogP contribution < -0.4 is 10.6 Å². The van der Waals surface area contributed by atoms with E-state index in [4.69, 9.17) is 9.47 Å². The summed E-state index contributed by atoms with van der Waals surface area (Å²) in [5, 5.41) is 27.8. The van der Waals surface area contributed by atoms with E-state index >= 15 is 0 Å². The van der Waals surface area contributed by atoms with Gasteiger partial charge in [-0.2, -0.15) is 0 Å². The molecule has 47 heavy (non-hydrogen) atoms. The van der Waals surface area contributed by atoms with Crippen molar-refractivity contribution < 1.29 is 24.2 Å². The second-order valence-electron chi connectivity index (χ2n) is 11.6. The highest BCUT2D eigenvalue weighted by molar-refractivity contribution is 7.99. The molecule has 3 N–H and O–H groups in total. The van der Waals surface area contributed by atoms with Gasteiger partial charge in [-0.1, -0.05) is 78.8 Å². The topological polar surface area (TPSA) is 140 Å². The van der Waals surface area contributed by atoms with Crippen LogP contribution in [0.4, 0.5) is 0 Å². The molecule has 0 aliphatic carbocycles. The smallest absolute Gasteiger partial charge is 0.220 e. The van der Waals surface area contributed by atoms with Crippen LogP contribution in [0, 0.1) is 0 Å². The lowest BCUT2D eigenvalue weighted by molar-refractivity contribution is -0.245. The molecule has 3 aromatic carbocycles. The molecule has 0 radical (unpaired) electrons. The van der Waals surface area contributed by atoms with Gasteiger partial charge in [-0.3, -0.25) is 9.59 Å². The number of aliphatic hydroxyl groups is 1. The maximum Gasteiger partial charge on any atom is 0.220 e. The lowest BCUT2D eigenvalue weighted by Crippen LogP contribution is -2.31. The number of hydrogen-bond donors (Lipinski definition) is 3. The molecule has 3 atom stereocenters. The fraction of sp³-hybridized carbons (Fsp3) is 0.400. The molecule has 1 fully saturated rings. The second kappa shape index (κ2) is 17.2. The number of carbonyl (C=O) groups is 2. The zero-order valence-corrected chi connectivity index (χ0v) is 27.6. The number of benzene rings is 3. The summed E-state index contributed by atoms with van der Waals surface area (Å²) in [4.78, 5) is 23.4. The van der Waals surface area contributed by atoms with Gasteiger partial charge in [0, 0.05) is 51.2 Å². The van der Waals surface area contributed by atoms with E-state index in [9.17, 15) is 14.7 Å². The monoisotopic (exact) mass is 658 g/mol. The normalized spacial score (nSPS) is 17.7. The number of aryl methyl sites for hydroxylation is 1. The Hall–Kier alpha value is -4.10. The molecular formula is C35H42N6O5S. The predicted octanol–water partition coefficient (Wildman–Crippen LogP) is 5.02. The largest absolute Gasteiger partial charge is 0.392 e. The molecule has 1 aromatic heterocycles. The van der Waals surface area contributed by atoms with Crippen molar-refractivity contribution in [3.05, 3.63) is 95.1 Å². The van der Waals surface area contributed by atoms with Crippen molar-refractivity contribution in [3.8, 4) is 11.1 Å². The van der Waals surface area contributed by atoms with Gasteiger partial charge in [-0.05, 0) is 63.2 Å². The summed E-state index contributed by atoms with van der Waals surface area (Å²) in [7, 11) is 1.82. The van der Waals surface area contributed by atoms with E-state index in [2.05, 4.69) is 50.4 Å². The third-order valence-electron chi connectivity index (χ3n) is 7.96. The van der Waals surface area contributed by atoms with Gasteiger partial charge in [-0.25, -0.2) is 4.68 Å². The third-order valence-corrected chi connectivity index (χ3v) is 9.10. The van der Waals surface area contributed by atoms with E-state index in [1.807, 2.05) is 55.6 Å². The van der Waals surface area contributed by atoms with Crippen LogP contribution in [-0.4, -0.2) is 55.5 Å². The Morgan fingerprint density at radius 3 is 2.47 bits per heavy atom. The van der Waals surface area contributed by atoms with Crippen molar-refractivity contribution in [1.82, 2.24) is 30.8 Å². The molecule has 11 nitrogen and oxygen atoms in total. The Morgan fingerprint density at radius 2 is 1.72 bits per heavy atom. The van der Waals surface area contributed by atoms with Gasteiger partial charge in [0.15, 0.2) is 6.29 Å². The Kier molecular flexibility index (Phi) is 12.5. The summed E-state index contributed by atoms with van der Waals surface area (Å²) >= 11 is 1.55. The van der Waals surface area contributed by atoms with E-state index in [1.54, 1.807) is 16.4 Å². The van der Waals surface area contributed by atoms with Crippen molar-refractivity contribution >= 4 is 23.6 Å². The zero-order valence-electron chi connectivity index (χ0n) is 26.8. The number of rotatable bonds is 15. The molecule has 0 saturated carbocycles. The van der Waals surface area contributed by atoms with Crippen molar-refractivity contribution in [1.29, 1.82) is 0 Å². The van der Waals surface area contributed by atoms with Crippen LogP contribution in [0.3, 0.4) is 0 Å². The fourth-order valence-corrected chi connectivity index (χ4v) is 6.27. The average molecular weight is 659 g/mol. The van der Waals surface area contributed by atoms with Crippen LogP contribution >= 0.6 is 11.8 Å². The highest BCUT2D eigenvalue weighted by atomic mass is 32.2. The van der Waals surface area contributed by atoms with Crippen molar-refractivity contribution in [2.75, 3.05) is 12.3 Å². The fourth-order valence-electron chi connectivity index (χ4n) is 5.40. The van der Waals surface area contributed by atoms with Crippen molar-refractivity contribution in [2.24, 2.45) is 7.05 Å². The standard InChI is InChI=1S/C35H42N6O5S/c1-24(43)36-17-5-3-4-12-33(44)37-21-26-8-6-9-28(18-26)29-10-7-11-30(19-29)34-45-31(23-47-35-38-39-40-41(35)2)20-32(46-34)27-15-13-25(22-42)14-16-27/h6-11,13-16,18-19,31-32,34,42H,3-5,12,17,20-23H2,1-2H3,(H,36,43)(H,37,44)/t31-,32+,34+/m1/s1. The minimum atomic E-state index is -0.588. The first kappa shape index (κ1) is 34.2. The second-order valence-corrected chi connectivity index (χ2v) is 12.6. The first-order valence-electron chi connectivity index (χ1n) is 15.9. The van der Waals surface area contributed by atoms with E-state index in [-0.39, 0.29) is 30.6 Å². The molecule has 2 heterocycles. The molecule has 1 aliphatic rings. The molecule has 4 aromatic rings. The number of carbonyl (C=O) groups excluding carboxylic acids is 2. The van der Waals surface area contributed by atoms with Crippen molar-refractivity contribution in [2.45, 2.75) is 75.8 Å². The number of tetrazole rings is 1. The van der Waals surface area contributed by atoms with Gasteiger partial charge >= 0.3 is 0 Å². The van der Waals surface area contributed by atoms with Crippen LogP contribution in [0.5, 0.6) is 0 Å². The number of hydrogen-bond acceptors (Lipinski definition) is 9. The molecule has 1 aliphatic heterocycles. The van der Waals surface area contributed by atoms with Crippen LogP contribution in [-0.2, 0) is 39.3 Å². The van der Waals surface area contributed by atoms with E-state index in [0.717, 1.165) is 57.8 Å². The SMILES string of the molecule is CC(=O)NCCCCCC(=O)NCc1cccc(-c2cccc([C@H]3O[C@@H](CSc4nnnn4C)C[C@@H](c4ccc(CO)cc4)O3)c2)c1. The van der Waals surface area contributed by atoms with Crippen LogP contribution in [0.2, 0.25) is 0 Å². The Balaban J connectivity index is 1.24. The van der Waals surface area contributed by atoms with Gasteiger partial charge in [-0.15, -0.1) is 5.10 Å². The molecule has 12 heteroatoms. The summed E-state index contributed by atoms with van der Waals surface area (Å²) < 4.78 is 14.7. The van der Waals surface area contributed by atoms with Crippen LogP contribution in [0.25, 0.3) is 11.1 Å². The van der Waals surface area contributed by atoms with Gasteiger partial charge in [0.05, 0.1) is 18.8 Å². The van der Waals surface area contributed by atoms with Gasteiger partial charge < -0.3 is 25.2 Å². The number of unbranched alkanes of at least 4 members (excludes halogenated alkanes) is 2. The number of ether oxygens (including phenoxy) is 2. The molecule has 248 valence electrons. The Labute approximate surface area is 279 Å². The lowest BCUT2D eigenvalue weighted by Gasteiger charge is -2.36. The molecule has 2 amide bonds. The summed E-state index contributed by atoms with van der Waals surface area (Å²) in [5.74, 6) is 0.649. The highest BCUT2D eigenvalue weighted by Gasteiger charge is 2.32. The number of nitrogens with zero attached hydrogens (tertiary/aromatic N) is 4. The number of amides is 2. The minimum absolute atomic E-state index is 0.00890. The summed E-state index contributed by atoms with van der Waals surface area (Å²) in [6, 6.07) is 24.2. The Morgan fingerprint density at radius 1 is 0.936 bits per heavy atom. The Bertz CT molecular complexity index is 1610. The molecule has 0 unspecified atom stereocenters. The van der Waals surface area contributed by atoms with Crippen LogP contribution in [0.15, 0.2) is 78.0 Å². The summed E-state index contributed by atoms with van der Waals surface area (Å²) in [5.41, 5.74) is 5.86. The highest BCUT2D eigenvalue weighted by Crippen LogP contribution is 2.40. The van der Waals surface area contributed by atoms with Gasteiger partial charge in [0.1, 0.15) is 0 Å². The summed E-state index contributed by atoms with van der Waals surface area (Å²) in [6.07, 6.45) is 2.77. The van der Waals surface area contributed by atoms with E-state index in [1.165, 1.54) is 6.92 Å². The van der Waals surface area contributed by atoms with Crippen molar-refractivity contribution in [3.63, 3.8) is 0 Å². The molecule has 0 spiro atoms. The minimum Gasteiger partial charge on any atom is -0.392 e. The summed E-state index contributed by atoms with van der Waals surface area (Å²) in [6.45, 7) is 2.59. The maximum atomic E-state index is 12.4. The van der Waals surface area contributed by atoms with Gasteiger partial charge in [0.25, 0.3) is 0 Å². The molecule has 5 rings (SSSR count). The van der Waals surface area contributed by atoms with Crippen LogP contribution in [0.1, 0.15) is 73.7 Å². The lowest BCUT2D eigenvalue weighted by atomic mass is 9.99. The predicted molar refractivity (Wildman–Crippen MR) is 179 cm³/mol. The van der Waals surface area contributed by atoms with Gasteiger partial charge in [0.2, 0.25) is 17.0 Å². The number of nitrogens with one attached hydrogen (secondary N) is 2. The number of aromatic nitrogens is 4. The molecule has 1 saturated heterocycles.